The number of para-hydroxylation sites is 1. The van der Waals surface area contributed by atoms with Crippen LogP contribution in [0.5, 0.6) is 5.75 Å². The van der Waals surface area contributed by atoms with Crippen molar-refractivity contribution >= 4 is 33.8 Å². The minimum atomic E-state index is -0.192. The summed E-state index contributed by atoms with van der Waals surface area (Å²) in [6.45, 7) is 2.10. The topological polar surface area (TPSA) is 77.2 Å². The number of ketones is 1. The summed E-state index contributed by atoms with van der Waals surface area (Å²) < 4.78 is 5.26. The van der Waals surface area contributed by atoms with Crippen LogP contribution in [0.1, 0.15) is 27.7 Å². The molecule has 3 N–H and O–H groups in total. The Bertz CT molecular complexity index is 905. The zero-order valence-electron chi connectivity index (χ0n) is 14.1. The number of aryl methyl sites for hydroxylation is 1. The molecule has 25 heavy (non-hydrogen) atoms. The van der Waals surface area contributed by atoms with Crippen molar-refractivity contribution in [2.45, 2.75) is 13.3 Å². The molecule has 0 aliphatic carbocycles. The lowest BCUT2D eigenvalue weighted by molar-refractivity contribution is 0.104. The Morgan fingerprint density at radius 2 is 2.04 bits per heavy atom. The lowest BCUT2D eigenvalue weighted by Gasteiger charge is -2.06. The van der Waals surface area contributed by atoms with E-state index in [0.29, 0.717) is 21.3 Å². The summed E-state index contributed by atoms with van der Waals surface area (Å²) in [5.41, 5.74) is 8.59. The van der Waals surface area contributed by atoms with Crippen molar-refractivity contribution in [1.29, 1.82) is 0 Å². The molecule has 0 atom stereocenters. The summed E-state index contributed by atoms with van der Waals surface area (Å²) in [6.07, 6.45) is 0.951. The predicted octanol–water partition coefficient (Wildman–Crippen LogP) is 4.27. The van der Waals surface area contributed by atoms with Gasteiger partial charge in [-0.2, -0.15) is 0 Å². The Hall–Kier alpha value is -2.86. The molecule has 0 spiro atoms. The second kappa shape index (κ2) is 7.36. The van der Waals surface area contributed by atoms with Crippen LogP contribution < -0.4 is 15.8 Å². The third kappa shape index (κ3) is 3.64. The number of thiazole rings is 1. The fraction of sp³-hybridized carbons (Fsp3) is 0.158. The normalized spacial score (nSPS) is 10.5. The fourth-order valence-corrected chi connectivity index (χ4v) is 3.35. The van der Waals surface area contributed by atoms with Gasteiger partial charge in [-0.1, -0.05) is 42.5 Å². The molecule has 2 aromatic carbocycles. The maximum atomic E-state index is 12.8. The van der Waals surface area contributed by atoms with Crippen LogP contribution in [0.15, 0.2) is 48.5 Å². The lowest BCUT2D eigenvalue weighted by Crippen LogP contribution is -2.04. The number of carbonyl (C=O) groups is 1. The summed E-state index contributed by atoms with van der Waals surface area (Å²) >= 11 is 1.24. The molecular weight excluding hydrogens is 334 g/mol. The van der Waals surface area contributed by atoms with E-state index >= 15 is 0 Å². The molecule has 0 unspecified atom stereocenters. The number of nitrogen functional groups attached to an aromatic ring is 1. The van der Waals surface area contributed by atoms with Crippen LogP contribution in [0.3, 0.4) is 0 Å². The van der Waals surface area contributed by atoms with Crippen LogP contribution in [0.25, 0.3) is 0 Å². The third-order valence-electron chi connectivity index (χ3n) is 3.80. The Kier molecular flexibility index (Phi) is 5.00. The SMILES string of the molecule is CCc1cccc(Nc2nc(N)c(C(=O)c3ccccc3OC)s2)c1. The van der Waals surface area contributed by atoms with E-state index in [-0.39, 0.29) is 11.6 Å². The number of ether oxygens (including phenoxy) is 1. The summed E-state index contributed by atoms with van der Waals surface area (Å²) in [5, 5.41) is 3.81. The summed E-state index contributed by atoms with van der Waals surface area (Å²) in [6, 6.07) is 15.1. The highest BCUT2D eigenvalue weighted by molar-refractivity contribution is 7.18. The van der Waals surface area contributed by atoms with Gasteiger partial charge in [0, 0.05) is 5.69 Å². The number of benzene rings is 2. The molecule has 3 aromatic rings. The predicted molar refractivity (Wildman–Crippen MR) is 102 cm³/mol. The van der Waals surface area contributed by atoms with E-state index in [1.807, 2.05) is 18.2 Å². The second-order valence-electron chi connectivity index (χ2n) is 5.44. The third-order valence-corrected chi connectivity index (χ3v) is 4.78. The molecule has 0 amide bonds. The first-order chi connectivity index (χ1) is 12.1. The van der Waals surface area contributed by atoms with E-state index < -0.39 is 0 Å². The molecule has 0 saturated carbocycles. The van der Waals surface area contributed by atoms with E-state index in [1.54, 1.807) is 18.2 Å². The average molecular weight is 353 g/mol. The number of rotatable bonds is 6. The summed E-state index contributed by atoms with van der Waals surface area (Å²) in [5.74, 6) is 0.545. The molecule has 3 rings (SSSR count). The maximum Gasteiger partial charge on any atom is 0.210 e. The largest absolute Gasteiger partial charge is 0.496 e. The van der Waals surface area contributed by atoms with Crippen LogP contribution in [0.4, 0.5) is 16.6 Å². The molecular formula is C19H19N3O2S. The van der Waals surface area contributed by atoms with E-state index in [1.165, 1.54) is 24.0 Å². The number of nitrogens with zero attached hydrogens (tertiary/aromatic N) is 1. The van der Waals surface area contributed by atoms with Gasteiger partial charge in [0.25, 0.3) is 0 Å². The number of hydrogen-bond donors (Lipinski definition) is 2. The van der Waals surface area contributed by atoms with Crippen molar-refractivity contribution in [1.82, 2.24) is 4.98 Å². The monoisotopic (exact) mass is 353 g/mol. The van der Waals surface area contributed by atoms with Crippen LogP contribution >= 0.6 is 11.3 Å². The van der Waals surface area contributed by atoms with Gasteiger partial charge in [0.05, 0.1) is 12.7 Å². The molecule has 0 aliphatic heterocycles. The molecule has 1 aromatic heterocycles. The van der Waals surface area contributed by atoms with E-state index in [4.69, 9.17) is 10.5 Å². The molecule has 0 bridgehead atoms. The Morgan fingerprint density at radius 3 is 2.80 bits per heavy atom. The molecule has 0 saturated heterocycles. The highest BCUT2D eigenvalue weighted by Crippen LogP contribution is 2.32. The minimum absolute atomic E-state index is 0.192. The van der Waals surface area contributed by atoms with Crippen molar-refractivity contribution in [3.63, 3.8) is 0 Å². The molecule has 0 fully saturated rings. The van der Waals surface area contributed by atoms with E-state index in [2.05, 4.69) is 29.4 Å². The van der Waals surface area contributed by atoms with Gasteiger partial charge >= 0.3 is 0 Å². The number of aromatic nitrogens is 1. The zero-order chi connectivity index (χ0) is 17.8. The van der Waals surface area contributed by atoms with Gasteiger partial charge in [-0.25, -0.2) is 4.98 Å². The van der Waals surface area contributed by atoms with E-state index in [0.717, 1.165) is 12.1 Å². The number of nitrogens with one attached hydrogen (secondary N) is 1. The molecule has 0 aliphatic rings. The first-order valence-corrected chi connectivity index (χ1v) is 8.74. The van der Waals surface area contributed by atoms with Gasteiger partial charge in [0.2, 0.25) is 5.78 Å². The van der Waals surface area contributed by atoms with Gasteiger partial charge in [-0.3, -0.25) is 4.79 Å². The standard InChI is InChI=1S/C19H19N3O2S/c1-3-12-7-6-8-13(11-12)21-19-22-18(20)17(25-19)16(23)14-9-4-5-10-15(14)24-2/h4-11H,3,20H2,1-2H3,(H,21,22). The Morgan fingerprint density at radius 1 is 1.24 bits per heavy atom. The van der Waals surface area contributed by atoms with Gasteiger partial charge < -0.3 is 15.8 Å². The van der Waals surface area contributed by atoms with Crippen molar-refractivity contribution < 1.29 is 9.53 Å². The average Bonchev–Trinajstić information content (AvgIpc) is 3.01. The van der Waals surface area contributed by atoms with Crippen molar-refractivity contribution in [2.24, 2.45) is 0 Å². The highest BCUT2D eigenvalue weighted by Gasteiger charge is 2.21. The fourth-order valence-electron chi connectivity index (χ4n) is 2.50. The van der Waals surface area contributed by atoms with Gasteiger partial charge in [-0.05, 0) is 36.2 Å². The zero-order valence-corrected chi connectivity index (χ0v) is 14.9. The Balaban J connectivity index is 1.88. The molecule has 0 radical (unpaired) electrons. The first-order valence-electron chi connectivity index (χ1n) is 7.92. The smallest absolute Gasteiger partial charge is 0.210 e. The molecule has 5 nitrogen and oxygen atoms in total. The van der Waals surface area contributed by atoms with Gasteiger partial charge in [0.15, 0.2) is 5.13 Å². The van der Waals surface area contributed by atoms with Gasteiger partial charge in [-0.15, -0.1) is 0 Å². The molecule has 1 heterocycles. The lowest BCUT2D eigenvalue weighted by atomic mass is 10.1. The Labute approximate surface area is 150 Å². The van der Waals surface area contributed by atoms with Crippen molar-refractivity contribution in [3.05, 3.63) is 64.5 Å². The van der Waals surface area contributed by atoms with Gasteiger partial charge in [0.1, 0.15) is 16.4 Å². The first kappa shape index (κ1) is 17.0. The quantitative estimate of drug-likeness (QED) is 0.647. The number of anilines is 3. The van der Waals surface area contributed by atoms with Crippen LogP contribution in [-0.2, 0) is 6.42 Å². The number of nitrogens with two attached hydrogens (primary N) is 1. The second-order valence-corrected chi connectivity index (χ2v) is 6.44. The number of methoxy groups -OCH3 is 1. The molecule has 6 heteroatoms. The maximum absolute atomic E-state index is 12.8. The number of hydrogen-bond acceptors (Lipinski definition) is 6. The van der Waals surface area contributed by atoms with Crippen LogP contribution in [0.2, 0.25) is 0 Å². The van der Waals surface area contributed by atoms with Crippen LogP contribution in [0, 0.1) is 0 Å². The number of carbonyl (C=O) groups excluding carboxylic acids is 1. The van der Waals surface area contributed by atoms with Crippen molar-refractivity contribution in [3.8, 4) is 5.75 Å². The summed E-state index contributed by atoms with van der Waals surface area (Å²) in [7, 11) is 1.54. The highest BCUT2D eigenvalue weighted by atomic mass is 32.1. The van der Waals surface area contributed by atoms with Crippen molar-refractivity contribution in [2.75, 3.05) is 18.2 Å². The minimum Gasteiger partial charge on any atom is -0.496 e. The molecule has 128 valence electrons. The summed E-state index contributed by atoms with van der Waals surface area (Å²) in [4.78, 5) is 17.5. The van der Waals surface area contributed by atoms with Crippen LogP contribution in [-0.4, -0.2) is 17.9 Å². The van der Waals surface area contributed by atoms with E-state index in [9.17, 15) is 4.79 Å².